The van der Waals surface area contributed by atoms with E-state index in [2.05, 4.69) is 6.92 Å². The van der Waals surface area contributed by atoms with Crippen molar-refractivity contribution in [1.82, 2.24) is 4.90 Å². The van der Waals surface area contributed by atoms with Crippen LogP contribution in [0, 0.1) is 0 Å². The Labute approximate surface area is 156 Å². The molecule has 0 aromatic heterocycles. The Hall–Kier alpha value is -1.06. The third-order valence-corrected chi connectivity index (χ3v) is 3.98. The molecule has 0 aromatic carbocycles. The summed E-state index contributed by atoms with van der Waals surface area (Å²) >= 11 is 0. The predicted octanol–water partition coefficient (Wildman–Crippen LogP) is 5.73. The van der Waals surface area contributed by atoms with Gasteiger partial charge in [-0.05, 0) is 20.3 Å². The van der Waals surface area contributed by atoms with Crippen molar-refractivity contribution in [3.63, 3.8) is 0 Å². The van der Waals surface area contributed by atoms with Gasteiger partial charge in [0.1, 0.15) is 0 Å². The highest BCUT2D eigenvalue weighted by atomic mass is 16.5. The number of carbonyl (C=O) groups is 2. The fraction of sp³-hybridized carbons (Fsp3) is 0.905. The van der Waals surface area contributed by atoms with E-state index in [0.717, 1.165) is 6.42 Å². The van der Waals surface area contributed by atoms with Gasteiger partial charge in [-0.2, -0.15) is 0 Å². The van der Waals surface area contributed by atoms with Gasteiger partial charge in [-0.25, -0.2) is 0 Å². The molecule has 150 valence electrons. The molecule has 0 aliphatic heterocycles. The molecule has 25 heavy (non-hydrogen) atoms. The summed E-state index contributed by atoms with van der Waals surface area (Å²) in [6.45, 7) is 7.59. The van der Waals surface area contributed by atoms with Crippen molar-refractivity contribution >= 4 is 11.9 Å². The highest BCUT2D eigenvalue weighted by Gasteiger charge is 2.04. The van der Waals surface area contributed by atoms with Crippen LogP contribution in [0.3, 0.4) is 0 Å². The molecule has 0 N–H and O–H groups in total. The number of rotatable bonds is 13. The average molecular weight is 358 g/mol. The highest BCUT2D eigenvalue weighted by Crippen LogP contribution is 2.12. The number of esters is 1. The van der Waals surface area contributed by atoms with Gasteiger partial charge in [-0.1, -0.05) is 71.1 Å². The fourth-order valence-electron chi connectivity index (χ4n) is 2.26. The van der Waals surface area contributed by atoms with Gasteiger partial charge in [0, 0.05) is 27.4 Å². The monoisotopic (exact) mass is 357 g/mol. The predicted molar refractivity (Wildman–Crippen MR) is 107 cm³/mol. The van der Waals surface area contributed by atoms with Crippen LogP contribution in [0.15, 0.2) is 0 Å². The molecule has 4 heteroatoms. The van der Waals surface area contributed by atoms with Crippen LogP contribution in [0.4, 0.5) is 0 Å². The molecule has 0 bridgehead atoms. The summed E-state index contributed by atoms with van der Waals surface area (Å²) in [5, 5.41) is 0. The standard InChI is InChI=1S/C17H34O2.C4H9NO/c1-4-5-6-7-8-9-10-11-12-13-14-15-17(18)19-16(2)3;1-4(6)5(2)3/h16H,4-15H2,1-3H3;1-3H3. The topological polar surface area (TPSA) is 46.6 Å². The first-order valence-electron chi connectivity index (χ1n) is 10.2. The fourth-order valence-corrected chi connectivity index (χ4v) is 2.26. The van der Waals surface area contributed by atoms with Crippen LogP contribution >= 0.6 is 0 Å². The maximum atomic E-state index is 11.3. The molecule has 0 rings (SSSR count). The summed E-state index contributed by atoms with van der Waals surface area (Å²) in [5.41, 5.74) is 0. The molecule has 0 saturated heterocycles. The van der Waals surface area contributed by atoms with E-state index in [1.54, 1.807) is 14.1 Å². The van der Waals surface area contributed by atoms with E-state index in [4.69, 9.17) is 4.74 Å². The van der Waals surface area contributed by atoms with E-state index in [9.17, 15) is 9.59 Å². The van der Waals surface area contributed by atoms with Gasteiger partial charge in [0.15, 0.2) is 0 Å². The molecule has 1 amide bonds. The third kappa shape index (κ3) is 25.3. The molecule has 0 aliphatic rings. The van der Waals surface area contributed by atoms with Crippen LogP contribution in [-0.2, 0) is 14.3 Å². The number of carbonyl (C=O) groups excluding carboxylic acids is 2. The Kier molecular flexibility index (Phi) is 20.2. The molecule has 4 nitrogen and oxygen atoms in total. The quantitative estimate of drug-likeness (QED) is 0.312. The minimum atomic E-state index is -0.0362. The largest absolute Gasteiger partial charge is 0.463 e. The van der Waals surface area contributed by atoms with Gasteiger partial charge in [-0.3, -0.25) is 9.59 Å². The van der Waals surface area contributed by atoms with Crippen molar-refractivity contribution in [1.29, 1.82) is 0 Å². The summed E-state index contributed by atoms with van der Waals surface area (Å²) in [4.78, 5) is 22.9. The van der Waals surface area contributed by atoms with Gasteiger partial charge in [0.05, 0.1) is 6.10 Å². The zero-order valence-electron chi connectivity index (χ0n) is 17.7. The molecule has 0 saturated carbocycles. The minimum absolute atomic E-state index is 0.0280. The third-order valence-electron chi connectivity index (χ3n) is 3.98. The van der Waals surface area contributed by atoms with Crippen molar-refractivity contribution in [2.45, 2.75) is 111 Å². The number of unbranched alkanes of at least 4 members (excludes halogenated alkanes) is 10. The first-order valence-corrected chi connectivity index (χ1v) is 10.2. The molecule has 0 aromatic rings. The van der Waals surface area contributed by atoms with Crippen LogP contribution in [0.5, 0.6) is 0 Å². The summed E-state index contributed by atoms with van der Waals surface area (Å²) in [6, 6.07) is 0. The SMILES string of the molecule is CC(=O)N(C)C.CCCCCCCCCCCCCC(=O)OC(C)C. The van der Waals surface area contributed by atoms with E-state index >= 15 is 0 Å². The smallest absolute Gasteiger partial charge is 0.306 e. The number of amides is 1. The lowest BCUT2D eigenvalue weighted by molar-refractivity contribution is -0.147. The van der Waals surface area contributed by atoms with Crippen LogP contribution in [0.1, 0.15) is 105 Å². The van der Waals surface area contributed by atoms with Crippen LogP contribution in [0.2, 0.25) is 0 Å². The lowest BCUT2D eigenvalue weighted by Gasteiger charge is -2.07. The van der Waals surface area contributed by atoms with Gasteiger partial charge in [0.2, 0.25) is 5.91 Å². The van der Waals surface area contributed by atoms with Crippen molar-refractivity contribution in [3.8, 4) is 0 Å². The first-order chi connectivity index (χ1) is 11.8. The van der Waals surface area contributed by atoms with Crippen molar-refractivity contribution < 1.29 is 14.3 Å². The van der Waals surface area contributed by atoms with Gasteiger partial charge >= 0.3 is 5.97 Å². The van der Waals surface area contributed by atoms with Crippen molar-refractivity contribution in [2.24, 2.45) is 0 Å². The lowest BCUT2D eigenvalue weighted by atomic mass is 10.1. The zero-order valence-corrected chi connectivity index (χ0v) is 17.7. The number of hydrogen-bond donors (Lipinski definition) is 0. The first kappa shape index (κ1) is 26.2. The Morgan fingerprint density at radius 3 is 1.48 bits per heavy atom. The molecule has 0 unspecified atom stereocenters. The van der Waals surface area contributed by atoms with E-state index in [1.807, 2.05) is 13.8 Å². The van der Waals surface area contributed by atoms with Gasteiger partial charge in [-0.15, -0.1) is 0 Å². The molecule has 0 heterocycles. The Balaban J connectivity index is 0. The minimum Gasteiger partial charge on any atom is -0.463 e. The van der Waals surface area contributed by atoms with Gasteiger partial charge in [0.25, 0.3) is 0 Å². The van der Waals surface area contributed by atoms with E-state index in [-0.39, 0.29) is 18.0 Å². The Bertz CT molecular complexity index is 314. The normalized spacial score (nSPS) is 10.2. The van der Waals surface area contributed by atoms with Gasteiger partial charge < -0.3 is 9.64 Å². The molecule has 0 spiro atoms. The maximum absolute atomic E-state index is 11.3. The molecule has 0 aliphatic carbocycles. The second-order valence-electron chi connectivity index (χ2n) is 7.24. The zero-order chi connectivity index (χ0) is 19.5. The van der Waals surface area contributed by atoms with E-state index < -0.39 is 0 Å². The molecular formula is C21H43NO3. The molecule has 0 atom stereocenters. The maximum Gasteiger partial charge on any atom is 0.306 e. The number of ether oxygens (including phenoxy) is 1. The average Bonchev–Trinajstić information content (AvgIpc) is 2.52. The second kappa shape index (κ2) is 19.3. The molecule has 0 radical (unpaired) electrons. The molecule has 0 fully saturated rings. The van der Waals surface area contributed by atoms with E-state index in [1.165, 1.54) is 76.0 Å². The highest BCUT2D eigenvalue weighted by molar-refractivity contribution is 5.72. The lowest BCUT2D eigenvalue weighted by Crippen LogP contribution is -2.17. The summed E-state index contributed by atoms with van der Waals surface area (Å²) in [6.07, 6.45) is 15.1. The summed E-state index contributed by atoms with van der Waals surface area (Å²) < 4.78 is 5.10. The van der Waals surface area contributed by atoms with E-state index in [0.29, 0.717) is 6.42 Å². The second-order valence-corrected chi connectivity index (χ2v) is 7.24. The summed E-state index contributed by atoms with van der Waals surface area (Å²) in [5.74, 6) is 0.0564. The Morgan fingerprint density at radius 2 is 1.16 bits per heavy atom. The van der Waals surface area contributed by atoms with Crippen LogP contribution < -0.4 is 0 Å². The Morgan fingerprint density at radius 1 is 0.800 bits per heavy atom. The van der Waals surface area contributed by atoms with Crippen LogP contribution in [-0.4, -0.2) is 37.0 Å². The van der Waals surface area contributed by atoms with Crippen LogP contribution in [0.25, 0.3) is 0 Å². The molecular weight excluding hydrogens is 314 g/mol. The van der Waals surface area contributed by atoms with Crippen molar-refractivity contribution in [3.05, 3.63) is 0 Å². The van der Waals surface area contributed by atoms with Crippen molar-refractivity contribution in [2.75, 3.05) is 14.1 Å². The number of nitrogens with zero attached hydrogens (tertiary/aromatic N) is 1. The summed E-state index contributed by atoms with van der Waals surface area (Å²) in [7, 11) is 3.45. The number of hydrogen-bond acceptors (Lipinski definition) is 3.